The van der Waals surface area contributed by atoms with Crippen LogP contribution in [0.15, 0.2) is 73.8 Å². The number of ether oxygens (including phenoxy) is 2. The Morgan fingerprint density at radius 1 is 1.16 bits per heavy atom. The first-order valence-electron chi connectivity index (χ1n) is 17.3. The number of rotatable bonds is 15. The van der Waals surface area contributed by atoms with Crippen LogP contribution in [-0.4, -0.2) is 94.0 Å². The van der Waals surface area contributed by atoms with Gasteiger partial charge in [0.25, 0.3) is 5.91 Å². The number of aliphatic hydroxyl groups is 1. The summed E-state index contributed by atoms with van der Waals surface area (Å²) in [6.07, 6.45) is 3.14. The SMILES string of the molecule is C=CCCC(=O)N(C)[C@@H](C)[C@@H](OC(=O)[C@@H]1[C@H]2O[C@@]3(CC2Br)[C@H](C(=O)N(CC=C)c2cc(C)ccc2C)N(CCCO)C(=O)[C@@H]13)c1ccccc1. The predicted octanol–water partition coefficient (Wildman–Crippen LogP) is 5.05. The second kappa shape index (κ2) is 15.6. The van der Waals surface area contributed by atoms with E-state index in [2.05, 4.69) is 29.1 Å². The fourth-order valence-electron chi connectivity index (χ4n) is 7.88. The van der Waals surface area contributed by atoms with Crippen LogP contribution < -0.4 is 4.90 Å². The number of likely N-dealkylation sites (tertiary alicyclic amines) is 1. The smallest absolute Gasteiger partial charge is 0.313 e. The first-order valence-corrected chi connectivity index (χ1v) is 18.2. The van der Waals surface area contributed by atoms with Gasteiger partial charge in [-0.2, -0.15) is 0 Å². The van der Waals surface area contributed by atoms with Crippen LogP contribution in [-0.2, 0) is 28.7 Å². The molecule has 3 heterocycles. The number of hydrogen-bond donors (Lipinski definition) is 1. The molecule has 3 fully saturated rings. The lowest BCUT2D eigenvalue weighted by atomic mass is 9.70. The van der Waals surface area contributed by atoms with Crippen molar-refractivity contribution in [2.24, 2.45) is 11.8 Å². The summed E-state index contributed by atoms with van der Waals surface area (Å²) < 4.78 is 13.1. The van der Waals surface area contributed by atoms with Gasteiger partial charge in [-0.15, -0.1) is 13.2 Å². The summed E-state index contributed by atoms with van der Waals surface area (Å²) in [6.45, 7) is 13.5. The number of fused-ring (bicyclic) bond motifs is 1. The van der Waals surface area contributed by atoms with Crippen molar-refractivity contribution in [3.63, 3.8) is 0 Å². The molecule has 3 aliphatic rings. The third-order valence-corrected chi connectivity index (χ3v) is 11.3. The van der Waals surface area contributed by atoms with Crippen LogP contribution in [0.4, 0.5) is 5.69 Å². The van der Waals surface area contributed by atoms with Crippen molar-refractivity contribution in [3.05, 3.63) is 90.5 Å². The van der Waals surface area contributed by atoms with Crippen molar-refractivity contribution in [3.8, 4) is 0 Å². The minimum absolute atomic E-state index is 0.114. The minimum atomic E-state index is -1.31. The van der Waals surface area contributed by atoms with Crippen LogP contribution in [0, 0.1) is 25.7 Å². The molecule has 2 aromatic carbocycles. The number of aliphatic hydroxyl groups excluding tert-OH is 1. The molecule has 50 heavy (non-hydrogen) atoms. The van der Waals surface area contributed by atoms with Gasteiger partial charge in [0.1, 0.15) is 17.7 Å². The van der Waals surface area contributed by atoms with E-state index in [1.165, 1.54) is 4.90 Å². The summed E-state index contributed by atoms with van der Waals surface area (Å²) in [5, 5.41) is 9.79. The van der Waals surface area contributed by atoms with Crippen LogP contribution in [0.2, 0.25) is 0 Å². The van der Waals surface area contributed by atoms with Crippen LogP contribution in [0.3, 0.4) is 0 Å². The molecule has 0 radical (unpaired) electrons. The van der Waals surface area contributed by atoms with Crippen molar-refractivity contribution in [1.29, 1.82) is 0 Å². The van der Waals surface area contributed by atoms with E-state index in [1.54, 1.807) is 29.0 Å². The molecular weight excluding hydrogens is 702 g/mol. The molecule has 3 amide bonds. The molecule has 1 unspecified atom stereocenters. The van der Waals surface area contributed by atoms with Gasteiger partial charge in [-0.05, 0) is 62.8 Å². The van der Waals surface area contributed by atoms with Crippen molar-refractivity contribution in [2.75, 3.05) is 31.6 Å². The zero-order chi connectivity index (χ0) is 36.3. The highest BCUT2D eigenvalue weighted by Gasteiger charge is 2.77. The molecule has 8 atom stereocenters. The maximum absolute atomic E-state index is 14.9. The number of hydrogen-bond acceptors (Lipinski definition) is 7. The van der Waals surface area contributed by atoms with Gasteiger partial charge in [-0.25, -0.2) is 0 Å². The highest BCUT2D eigenvalue weighted by atomic mass is 79.9. The zero-order valence-corrected chi connectivity index (χ0v) is 30.9. The molecule has 5 rings (SSSR count). The molecular formula is C39H48BrN3O7. The first kappa shape index (κ1) is 37.5. The molecule has 11 heteroatoms. The molecule has 3 saturated heterocycles. The summed E-state index contributed by atoms with van der Waals surface area (Å²) in [5.41, 5.74) is 1.95. The fourth-order valence-corrected chi connectivity index (χ4v) is 8.82. The Bertz CT molecular complexity index is 1620. The molecule has 0 saturated carbocycles. The van der Waals surface area contributed by atoms with Crippen molar-refractivity contribution in [1.82, 2.24) is 9.80 Å². The van der Waals surface area contributed by atoms with Crippen LogP contribution in [0.1, 0.15) is 55.4 Å². The van der Waals surface area contributed by atoms with Gasteiger partial charge in [0.2, 0.25) is 11.8 Å². The molecule has 2 bridgehead atoms. The largest absolute Gasteiger partial charge is 0.455 e. The lowest BCUT2D eigenvalue weighted by Gasteiger charge is -2.37. The van der Waals surface area contributed by atoms with Gasteiger partial charge < -0.3 is 29.3 Å². The second-order valence-corrected chi connectivity index (χ2v) is 14.8. The van der Waals surface area contributed by atoms with Gasteiger partial charge >= 0.3 is 5.97 Å². The Morgan fingerprint density at radius 3 is 2.54 bits per heavy atom. The van der Waals surface area contributed by atoms with Crippen molar-refractivity contribution >= 4 is 45.3 Å². The predicted molar refractivity (Wildman–Crippen MR) is 195 cm³/mol. The van der Waals surface area contributed by atoms with E-state index in [1.807, 2.05) is 69.3 Å². The van der Waals surface area contributed by atoms with Gasteiger partial charge in [0.05, 0.1) is 24.0 Å². The maximum Gasteiger partial charge on any atom is 0.313 e. The van der Waals surface area contributed by atoms with E-state index >= 15 is 0 Å². The molecule has 1 spiro atoms. The number of carbonyl (C=O) groups is 4. The quantitative estimate of drug-likeness (QED) is 0.154. The third kappa shape index (κ3) is 6.79. The fraction of sp³-hybridized carbons (Fsp3) is 0.487. The zero-order valence-electron chi connectivity index (χ0n) is 29.3. The molecule has 10 nitrogen and oxygen atoms in total. The van der Waals surface area contributed by atoms with Crippen LogP contribution in [0.5, 0.6) is 0 Å². The Morgan fingerprint density at radius 2 is 1.88 bits per heavy atom. The minimum Gasteiger partial charge on any atom is -0.455 e. The number of carbonyl (C=O) groups excluding carboxylic acids is 4. The second-order valence-electron chi connectivity index (χ2n) is 13.6. The van der Waals surface area contributed by atoms with E-state index in [0.717, 1.165) is 11.1 Å². The number of esters is 1. The topological polar surface area (TPSA) is 117 Å². The number of aryl methyl sites for hydroxylation is 2. The van der Waals surface area contributed by atoms with Gasteiger partial charge in [0, 0.05) is 43.7 Å². The summed E-state index contributed by atoms with van der Waals surface area (Å²) in [4.78, 5) is 61.3. The highest BCUT2D eigenvalue weighted by molar-refractivity contribution is 9.09. The molecule has 268 valence electrons. The highest BCUT2D eigenvalue weighted by Crippen LogP contribution is 2.60. The molecule has 2 aromatic rings. The van der Waals surface area contributed by atoms with E-state index in [-0.39, 0.29) is 55.1 Å². The number of amides is 3. The molecule has 0 aromatic heterocycles. The third-order valence-electron chi connectivity index (χ3n) is 10.5. The Labute approximate surface area is 303 Å². The van der Waals surface area contributed by atoms with Gasteiger partial charge in [-0.1, -0.05) is 70.5 Å². The number of likely N-dealkylation sites (N-methyl/N-ethyl adjacent to an activating group) is 1. The van der Waals surface area contributed by atoms with Gasteiger partial charge in [-0.3, -0.25) is 19.2 Å². The van der Waals surface area contributed by atoms with E-state index in [9.17, 15) is 24.3 Å². The van der Waals surface area contributed by atoms with E-state index in [4.69, 9.17) is 9.47 Å². The van der Waals surface area contributed by atoms with Crippen molar-refractivity contribution < 1.29 is 33.8 Å². The Hall–Kier alpha value is -3.80. The number of alkyl halides is 1. The van der Waals surface area contributed by atoms with Crippen molar-refractivity contribution in [2.45, 2.75) is 81.2 Å². The summed E-state index contributed by atoms with van der Waals surface area (Å²) in [5.74, 6) is -3.44. The number of nitrogens with zero attached hydrogens (tertiary/aromatic N) is 3. The van der Waals surface area contributed by atoms with Crippen LogP contribution in [0.25, 0.3) is 0 Å². The standard InChI is InChI=1S/C39H48BrN3O7/c1-7-9-16-30(45)41(6)26(5)33(27-14-11-10-12-15-27)49-38(48)31-32-36(46)43(20-13-21-44)35(39(32)23-28(40)34(31)50-39)37(47)42(19-8-2)29-22-24(3)17-18-25(29)4/h7-8,10-12,14-15,17-18,22,26,28,31-35,44H,1-2,9,13,16,19-21,23H2,3-6H3/t26-,28?,31-,32+,33+,34-,35-,39+/m0/s1. The summed E-state index contributed by atoms with van der Waals surface area (Å²) in [6, 6.07) is 13.5. The molecule has 1 N–H and O–H groups in total. The van der Waals surface area contributed by atoms with E-state index < -0.39 is 47.7 Å². The average molecular weight is 751 g/mol. The summed E-state index contributed by atoms with van der Waals surface area (Å²) >= 11 is 3.74. The number of benzene rings is 2. The normalized spacial score (nSPS) is 26.2. The Kier molecular flexibility index (Phi) is 11.7. The number of anilines is 1. The van der Waals surface area contributed by atoms with Gasteiger partial charge in [0.15, 0.2) is 0 Å². The maximum atomic E-state index is 14.9. The first-order chi connectivity index (χ1) is 23.9. The summed E-state index contributed by atoms with van der Waals surface area (Å²) in [7, 11) is 1.69. The Balaban J connectivity index is 1.52. The lowest BCUT2D eigenvalue weighted by Crippen LogP contribution is -2.57. The number of allylic oxidation sites excluding steroid dienone is 1. The van der Waals surface area contributed by atoms with Crippen LogP contribution >= 0.6 is 15.9 Å². The molecule has 0 aliphatic carbocycles. The lowest BCUT2D eigenvalue weighted by molar-refractivity contribution is -0.164. The average Bonchev–Trinajstić information content (AvgIpc) is 3.70. The monoisotopic (exact) mass is 749 g/mol. The van der Waals surface area contributed by atoms with E-state index in [0.29, 0.717) is 24.1 Å². The molecule has 3 aliphatic heterocycles. The number of halogens is 1.